The summed E-state index contributed by atoms with van der Waals surface area (Å²) in [6.45, 7) is 0. The minimum Gasteiger partial charge on any atom is -0.261 e. The third-order valence-corrected chi connectivity index (χ3v) is 1.45. The largest absolute Gasteiger partial charge is 0.338 e. The van der Waals surface area contributed by atoms with Gasteiger partial charge in [0.05, 0.1) is 10.7 Å². The second kappa shape index (κ2) is 2.34. The SMILES string of the molecule is O=C1N=c2c[c]ccc2=NC1=O. The summed E-state index contributed by atoms with van der Waals surface area (Å²) >= 11 is 0. The molecule has 1 aliphatic heterocycles. The molecule has 1 heterocycles. The molecule has 0 unspecified atom stereocenters. The Morgan fingerprint density at radius 2 is 1.75 bits per heavy atom. The molecule has 1 aromatic carbocycles. The first-order chi connectivity index (χ1) is 5.77. The molecule has 0 saturated heterocycles. The molecule has 0 aromatic heterocycles. The topological polar surface area (TPSA) is 58.9 Å². The van der Waals surface area contributed by atoms with E-state index in [1.807, 2.05) is 0 Å². The maximum atomic E-state index is 10.7. The first-order valence-corrected chi connectivity index (χ1v) is 3.29. The van der Waals surface area contributed by atoms with Gasteiger partial charge in [-0.15, -0.1) is 0 Å². The van der Waals surface area contributed by atoms with Crippen LogP contribution in [0, 0.1) is 6.07 Å². The van der Waals surface area contributed by atoms with Gasteiger partial charge in [0, 0.05) is 0 Å². The molecule has 1 aliphatic rings. The number of hydrogen-bond acceptors (Lipinski definition) is 2. The molecule has 4 heteroatoms. The molecule has 2 rings (SSSR count). The second-order valence-corrected chi connectivity index (χ2v) is 2.25. The van der Waals surface area contributed by atoms with E-state index in [1.165, 1.54) is 6.07 Å². The van der Waals surface area contributed by atoms with Gasteiger partial charge in [0.1, 0.15) is 0 Å². The Morgan fingerprint density at radius 3 is 2.50 bits per heavy atom. The van der Waals surface area contributed by atoms with Crippen molar-refractivity contribution in [2.24, 2.45) is 9.98 Å². The summed E-state index contributed by atoms with van der Waals surface area (Å²) in [6.07, 6.45) is 0. The van der Waals surface area contributed by atoms with Crippen LogP contribution < -0.4 is 10.7 Å². The number of carbonyl (C=O) groups excluding carboxylic acids is 2. The molecule has 0 spiro atoms. The number of amides is 2. The highest BCUT2D eigenvalue weighted by Crippen LogP contribution is 1.83. The lowest BCUT2D eigenvalue weighted by atomic mass is 10.3. The van der Waals surface area contributed by atoms with Crippen molar-refractivity contribution in [3.8, 4) is 0 Å². The predicted octanol–water partition coefficient (Wildman–Crippen LogP) is -1.21. The third-order valence-electron chi connectivity index (χ3n) is 1.45. The van der Waals surface area contributed by atoms with E-state index in [2.05, 4.69) is 16.1 Å². The minimum atomic E-state index is -0.818. The first kappa shape index (κ1) is 6.84. The van der Waals surface area contributed by atoms with Gasteiger partial charge in [0.25, 0.3) is 0 Å². The van der Waals surface area contributed by atoms with Gasteiger partial charge in [-0.2, -0.15) is 0 Å². The van der Waals surface area contributed by atoms with Crippen LogP contribution in [0.15, 0.2) is 28.2 Å². The molecule has 0 aliphatic carbocycles. The van der Waals surface area contributed by atoms with Crippen LogP contribution in [0.4, 0.5) is 0 Å². The van der Waals surface area contributed by atoms with E-state index in [1.54, 1.807) is 12.1 Å². The van der Waals surface area contributed by atoms with Crippen molar-refractivity contribution in [1.29, 1.82) is 0 Å². The molecule has 12 heavy (non-hydrogen) atoms. The van der Waals surface area contributed by atoms with Crippen molar-refractivity contribution in [1.82, 2.24) is 0 Å². The van der Waals surface area contributed by atoms with Crippen molar-refractivity contribution in [2.75, 3.05) is 0 Å². The second-order valence-electron chi connectivity index (χ2n) is 2.25. The maximum absolute atomic E-state index is 10.7. The number of fused-ring (bicyclic) bond motifs is 1. The van der Waals surface area contributed by atoms with Gasteiger partial charge in [-0.05, 0) is 18.2 Å². The Bertz CT molecular complexity index is 431. The number of hydrogen-bond donors (Lipinski definition) is 0. The predicted molar refractivity (Wildman–Crippen MR) is 37.6 cm³/mol. The van der Waals surface area contributed by atoms with Crippen LogP contribution in [0.1, 0.15) is 0 Å². The Balaban J connectivity index is 2.87. The normalized spacial score (nSPS) is 14.7. The van der Waals surface area contributed by atoms with Crippen molar-refractivity contribution >= 4 is 11.8 Å². The molecule has 4 nitrogen and oxygen atoms in total. The molecule has 0 fully saturated rings. The number of benzene rings is 1. The molecule has 0 atom stereocenters. The van der Waals surface area contributed by atoms with E-state index >= 15 is 0 Å². The average molecular weight is 159 g/mol. The van der Waals surface area contributed by atoms with Crippen LogP contribution in [0.5, 0.6) is 0 Å². The number of rotatable bonds is 0. The van der Waals surface area contributed by atoms with Gasteiger partial charge < -0.3 is 0 Å². The number of nitrogens with zero attached hydrogens (tertiary/aromatic N) is 2. The molecular weight excluding hydrogens is 156 g/mol. The van der Waals surface area contributed by atoms with Gasteiger partial charge in [0.15, 0.2) is 0 Å². The summed E-state index contributed by atoms with van der Waals surface area (Å²) in [4.78, 5) is 28.5. The fraction of sp³-hybridized carbons (Fsp3) is 0. The Kier molecular flexibility index (Phi) is 1.33. The Morgan fingerprint density at radius 1 is 1.08 bits per heavy atom. The lowest BCUT2D eigenvalue weighted by Crippen LogP contribution is -2.33. The smallest absolute Gasteiger partial charge is 0.261 e. The van der Waals surface area contributed by atoms with Crippen molar-refractivity contribution < 1.29 is 9.59 Å². The van der Waals surface area contributed by atoms with E-state index in [0.29, 0.717) is 10.7 Å². The van der Waals surface area contributed by atoms with Crippen molar-refractivity contribution in [2.45, 2.75) is 0 Å². The van der Waals surface area contributed by atoms with Gasteiger partial charge in [0.2, 0.25) is 0 Å². The summed E-state index contributed by atoms with van der Waals surface area (Å²) in [5.74, 6) is -1.63. The highest BCUT2D eigenvalue weighted by molar-refractivity contribution is 6.36. The highest BCUT2D eigenvalue weighted by Gasteiger charge is 2.13. The van der Waals surface area contributed by atoms with E-state index < -0.39 is 11.8 Å². The highest BCUT2D eigenvalue weighted by atomic mass is 16.2. The summed E-state index contributed by atoms with van der Waals surface area (Å²) < 4.78 is 0. The molecule has 0 bridgehead atoms. The van der Waals surface area contributed by atoms with E-state index in [0.717, 1.165) is 0 Å². The summed E-state index contributed by atoms with van der Waals surface area (Å²) in [5, 5.41) is 0.834. The molecule has 57 valence electrons. The Labute approximate surface area is 67.3 Å². The molecule has 1 aromatic rings. The van der Waals surface area contributed by atoms with Gasteiger partial charge in [-0.25, -0.2) is 9.98 Å². The lowest BCUT2D eigenvalue weighted by Gasteiger charge is -1.94. The molecular formula is C8H3N2O2. The van der Waals surface area contributed by atoms with Gasteiger partial charge in [-0.1, -0.05) is 6.07 Å². The molecule has 2 amide bonds. The quantitative estimate of drug-likeness (QED) is 0.446. The summed E-state index contributed by atoms with van der Waals surface area (Å²) in [6, 6.07) is 7.45. The molecule has 1 radical (unpaired) electrons. The average Bonchev–Trinajstić information content (AvgIpc) is 2.07. The number of carbonyl (C=O) groups is 2. The third kappa shape index (κ3) is 0.934. The first-order valence-electron chi connectivity index (χ1n) is 3.29. The van der Waals surface area contributed by atoms with Gasteiger partial charge in [-0.3, -0.25) is 9.59 Å². The molecule has 0 N–H and O–H groups in total. The van der Waals surface area contributed by atoms with Gasteiger partial charge >= 0.3 is 11.8 Å². The standard InChI is InChI=1S/C8H3N2O2/c11-7-8(12)10-6-4-2-1-3-5(6)9-7/h1,3-4H. The zero-order valence-electron chi connectivity index (χ0n) is 5.94. The van der Waals surface area contributed by atoms with E-state index in [9.17, 15) is 9.59 Å². The van der Waals surface area contributed by atoms with E-state index in [-0.39, 0.29) is 0 Å². The lowest BCUT2D eigenvalue weighted by molar-refractivity contribution is -0.135. The zero-order valence-corrected chi connectivity index (χ0v) is 5.94. The monoisotopic (exact) mass is 159 g/mol. The van der Waals surface area contributed by atoms with Crippen LogP contribution in [-0.2, 0) is 9.59 Å². The fourth-order valence-electron chi connectivity index (χ4n) is 0.912. The van der Waals surface area contributed by atoms with Crippen LogP contribution in [0.3, 0.4) is 0 Å². The van der Waals surface area contributed by atoms with Crippen molar-refractivity contribution in [3.05, 3.63) is 35.0 Å². The van der Waals surface area contributed by atoms with Crippen molar-refractivity contribution in [3.63, 3.8) is 0 Å². The van der Waals surface area contributed by atoms with Crippen LogP contribution in [-0.4, -0.2) is 11.8 Å². The van der Waals surface area contributed by atoms with E-state index in [4.69, 9.17) is 0 Å². The Hall–Kier alpha value is -1.84. The molecule has 0 saturated carbocycles. The van der Waals surface area contributed by atoms with Crippen LogP contribution in [0.2, 0.25) is 0 Å². The zero-order chi connectivity index (χ0) is 8.55. The van der Waals surface area contributed by atoms with Crippen LogP contribution >= 0.6 is 0 Å². The summed E-state index contributed by atoms with van der Waals surface area (Å²) in [5.41, 5.74) is 0. The minimum absolute atomic E-state index is 0.405. The fourth-order valence-corrected chi connectivity index (χ4v) is 0.912. The maximum Gasteiger partial charge on any atom is 0.338 e. The van der Waals surface area contributed by atoms with Crippen LogP contribution in [0.25, 0.3) is 0 Å². The summed E-state index contributed by atoms with van der Waals surface area (Å²) in [7, 11) is 0.